The van der Waals surface area contributed by atoms with Gasteiger partial charge >= 0.3 is 0 Å². The summed E-state index contributed by atoms with van der Waals surface area (Å²) in [4.78, 5) is 0. The van der Waals surface area contributed by atoms with Crippen LogP contribution in [-0.2, 0) is 6.42 Å². The van der Waals surface area contributed by atoms with Gasteiger partial charge in [0.1, 0.15) is 0 Å². The molecule has 80 valence electrons. The molecule has 1 aliphatic rings. The Morgan fingerprint density at radius 3 is 2.81 bits per heavy atom. The van der Waals surface area contributed by atoms with Crippen LogP contribution in [0.1, 0.15) is 30.0 Å². The highest BCUT2D eigenvalue weighted by atomic mass is 14.2. The second-order valence-corrected chi connectivity index (χ2v) is 4.64. The lowest BCUT2D eigenvalue weighted by molar-refractivity contribution is 1.02. The molecule has 0 heteroatoms. The molecule has 0 amide bonds. The average molecular weight is 208 g/mol. The third-order valence-corrected chi connectivity index (χ3v) is 3.61. The van der Waals surface area contributed by atoms with Crippen molar-refractivity contribution in [1.29, 1.82) is 0 Å². The van der Waals surface area contributed by atoms with Crippen molar-refractivity contribution in [3.8, 4) is 0 Å². The van der Waals surface area contributed by atoms with Crippen molar-refractivity contribution in [1.82, 2.24) is 0 Å². The standard InChI is InChI=1S/C16H16/c1-3-12-9-13-5-4-6-15-11(2)7-8-14(10-12)16(13)15/h4-8,10H,3,9H2,1-2H3. The van der Waals surface area contributed by atoms with Crippen molar-refractivity contribution in [2.24, 2.45) is 0 Å². The summed E-state index contributed by atoms with van der Waals surface area (Å²) in [5.74, 6) is 0. The molecule has 0 spiro atoms. The Kier molecular flexibility index (Phi) is 2.10. The Hall–Kier alpha value is -1.56. The van der Waals surface area contributed by atoms with Gasteiger partial charge < -0.3 is 0 Å². The molecule has 16 heavy (non-hydrogen) atoms. The lowest BCUT2D eigenvalue weighted by atomic mass is 9.87. The second-order valence-electron chi connectivity index (χ2n) is 4.64. The molecule has 0 fully saturated rings. The summed E-state index contributed by atoms with van der Waals surface area (Å²) in [6.07, 6.45) is 4.66. The Bertz CT molecular complexity index is 588. The van der Waals surface area contributed by atoms with Crippen LogP contribution in [0.25, 0.3) is 16.8 Å². The van der Waals surface area contributed by atoms with Gasteiger partial charge in [-0.1, -0.05) is 48.9 Å². The van der Waals surface area contributed by atoms with Crippen molar-refractivity contribution in [2.45, 2.75) is 26.7 Å². The van der Waals surface area contributed by atoms with Gasteiger partial charge in [-0.05, 0) is 47.2 Å². The van der Waals surface area contributed by atoms with Gasteiger partial charge in [0.25, 0.3) is 0 Å². The van der Waals surface area contributed by atoms with E-state index in [4.69, 9.17) is 0 Å². The van der Waals surface area contributed by atoms with Crippen LogP contribution in [0.3, 0.4) is 0 Å². The fourth-order valence-corrected chi connectivity index (χ4v) is 2.67. The van der Waals surface area contributed by atoms with Crippen molar-refractivity contribution in [3.05, 3.63) is 52.6 Å². The third kappa shape index (κ3) is 1.30. The highest BCUT2D eigenvalue weighted by molar-refractivity contribution is 5.97. The van der Waals surface area contributed by atoms with E-state index in [0.717, 1.165) is 12.8 Å². The average Bonchev–Trinajstić information content (AvgIpc) is 2.33. The highest BCUT2D eigenvalue weighted by Crippen LogP contribution is 2.33. The topological polar surface area (TPSA) is 0 Å². The maximum Gasteiger partial charge on any atom is -0.00575 e. The molecule has 0 N–H and O–H groups in total. The molecule has 0 bridgehead atoms. The van der Waals surface area contributed by atoms with Crippen LogP contribution in [0.5, 0.6) is 0 Å². The first-order chi connectivity index (χ1) is 7.79. The monoisotopic (exact) mass is 208 g/mol. The van der Waals surface area contributed by atoms with E-state index in [1.165, 1.54) is 27.5 Å². The second kappa shape index (κ2) is 3.48. The van der Waals surface area contributed by atoms with E-state index in [1.807, 2.05) is 0 Å². The zero-order chi connectivity index (χ0) is 11.1. The number of allylic oxidation sites excluding steroid dienone is 1. The van der Waals surface area contributed by atoms with E-state index in [1.54, 1.807) is 5.57 Å². The molecule has 0 aromatic heterocycles. The van der Waals surface area contributed by atoms with Crippen LogP contribution in [0.2, 0.25) is 0 Å². The largest absolute Gasteiger partial charge is 0.0655 e. The summed E-state index contributed by atoms with van der Waals surface area (Å²) in [5, 5.41) is 2.89. The molecular formula is C16H16. The molecule has 0 radical (unpaired) electrons. The zero-order valence-corrected chi connectivity index (χ0v) is 9.88. The predicted octanol–water partition coefficient (Wildman–Crippen LogP) is 4.50. The molecule has 2 aromatic carbocycles. The third-order valence-electron chi connectivity index (χ3n) is 3.61. The molecule has 0 heterocycles. The summed E-state index contributed by atoms with van der Waals surface area (Å²) < 4.78 is 0. The summed E-state index contributed by atoms with van der Waals surface area (Å²) in [6, 6.07) is 11.2. The van der Waals surface area contributed by atoms with Crippen LogP contribution >= 0.6 is 0 Å². The molecule has 0 nitrogen and oxygen atoms in total. The molecule has 0 saturated carbocycles. The van der Waals surface area contributed by atoms with Gasteiger partial charge in [0.05, 0.1) is 0 Å². The number of aryl methyl sites for hydroxylation is 1. The van der Waals surface area contributed by atoms with Crippen LogP contribution in [0, 0.1) is 6.92 Å². The van der Waals surface area contributed by atoms with E-state index >= 15 is 0 Å². The minimum absolute atomic E-state index is 1.13. The number of rotatable bonds is 1. The number of benzene rings is 2. The Labute approximate surface area is 96.6 Å². The molecule has 0 atom stereocenters. The summed E-state index contributed by atoms with van der Waals surface area (Å²) >= 11 is 0. The van der Waals surface area contributed by atoms with Gasteiger partial charge in [-0.2, -0.15) is 0 Å². The van der Waals surface area contributed by atoms with Crippen LogP contribution in [-0.4, -0.2) is 0 Å². The number of hydrogen-bond donors (Lipinski definition) is 0. The molecule has 3 rings (SSSR count). The van der Waals surface area contributed by atoms with Crippen LogP contribution < -0.4 is 0 Å². The first-order valence-corrected chi connectivity index (χ1v) is 6.00. The fraction of sp³-hybridized carbons (Fsp3) is 0.250. The molecule has 0 saturated heterocycles. The van der Waals surface area contributed by atoms with Gasteiger partial charge in [-0.25, -0.2) is 0 Å². The van der Waals surface area contributed by atoms with Gasteiger partial charge in [-0.15, -0.1) is 0 Å². The van der Waals surface area contributed by atoms with E-state index in [-0.39, 0.29) is 0 Å². The SMILES string of the molecule is CCC1=Cc2ccc(C)c3cccc(c23)C1. The first kappa shape index (κ1) is 9.65. The van der Waals surface area contributed by atoms with E-state index in [9.17, 15) is 0 Å². The van der Waals surface area contributed by atoms with Crippen molar-refractivity contribution in [2.75, 3.05) is 0 Å². The Balaban J connectivity index is 2.40. The molecular weight excluding hydrogens is 192 g/mol. The van der Waals surface area contributed by atoms with Gasteiger partial charge in [-0.3, -0.25) is 0 Å². The van der Waals surface area contributed by atoms with Crippen LogP contribution in [0.15, 0.2) is 35.9 Å². The maximum atomic E-state index is 2.37. The van der Waals surface area contributed by atoms with Crippen molar-refractivity contribution < 1.29 is 0 Å². The summed E-state index contributed by atoms with van der Waals surface area (Å²) in [5.41, 5.74) is 5.83. The molecule has 2 aromatic rings. The first-order valence-electron chi connectivity index (χ1n) is 6.00. The maximum absolute atomic E-state index is 2.37. The summed E-state index contributed by atoms with van der Waals surface area (Å²) in [6.45, 7) is 4.44. The van der Waals surface area contributed by atoms with Crippen molar-refractivity contribution in [3.63, 3.8) is 0 Å². The van der Waals surface area contributed by atoms with E-state index in [2.05, 4.69) is 50.3 Å². The molecule has 1 aliphatic carbocycles. The smallest absolute Gasteiger partial charge is 0.00575 e. The fourth-order valence-electron chi connectivity index (χ4n) is 2.67. The zero-order valence-electron chi connectivity index (χ0n) is 9.88. The minimum atomic E-state index is 1.13. The van der Waals surface area contributed by atoms with Gasteiger partial charge in [0, 0.05) is 0 Å². The van der Waals surface area contributed by atoms with Gasteiger partial charge in [0.2, 0.25) is 0 Å². The van der Waals surface area contributed by atoms with Crippen molar-refractivity contribution >= 4 is 16.8 Å². The summed E-state index contributed by atoms with van der Waals surface area (Å²) in [7, 11) is 0. The van der Waals surface area contributed by atoms with E-state index in [0.29, 0.717) is 0 Å². The normalized spacial score (nSPS) is 14.0. The lowest BCUT2D eigenvalue weighted by Gasteiger charge is -2.18. The Morgan fingerprint density at radius 2 is 2.00 bits per heavy atom. The quantitative estimate of drug-likeness (QED) is 0.647. The minimum Gasteiger partial charge on any atom is -0.0655 e. The highest BCUT2D eigenvalue weighted by Gasteiger charge is 2.12. The Morgan fingerprint density at radius 1 is 1.12 bits per heavy atom. The van der Waals surface area contributed by atoms with Gasteiger partial charge in [0.15, 0.2) is 0 Å². The van der Waals surface area contributed by atoms with E-state index < -0.39 is 0 Å². The molecule has 0 unspecified atom stereocenters. The lowest BCUT2D eigenvalue weighted by Crippen LogP contribution is -1.99. The number of hydrogen-bond acceptors (Lipinski definition) is 0. The predicted molar refractivity (Wildman–Crippen MR) is 70.7 cm³/mol. The van der Waals surface area contributed by atoms with Crippen LogP contribution in [0.4, 0.5) is 0 Å². The molecule has 0 aliphatic heterocycles.